The van der Waals surface area contributed by atoms with E-state index in [1.54, 1.807) is 0 Å². The molecule has 0 saturated heterocycles. The highest BCUT2D eigenvalue weighted by atomic mass is 35.5. The fraction of sp³-hybridized carbons (Fsp3) is 0.250. The Hall–Kier alpha value is -1.43. The summed E-state index contributed by atoms with van der Waals surface area (Å²) in [4.78, 5) is 11.3. The van der Waals surface area contributed by atoms with Crippen molar-refractivity contribution >= 4 is 23.6 Å². The highest BCUT2D eigenvalue weighted by molar-refractivity contribution is 6.32. The van der Waals surface area contributed by atoms with Gasteiger partial charge in [-0.05, 0) is 18.2 Å². The number of hydrogen-bond acceptors (Lipinski definition) is 3. The van der Waals surface area contributed by atoms with Crippen LogP contribution >= 0.6 is 11.6 Å². The van der Waals surface area contributed by atoms with Crippen LogP contribution in [0.15, 0.2) is 24.3 Å². The van der Waals surface area contributed by atoms with Gasteiger partial charge in [-0.1, -0.05) is 17.7 Å². The third-order valence-corrected chi connectivity index (χ3v) is 2.45. The van der Waals surface area contributed by atoms with Gasteiger partial charge in [0.2, 0.25) is 5.91 Å². The van der Waals surface area contributed by atoms with Crippen LogP contribution < -0.4 is 5.32 Å². The zero-order valence-corrected chi connectivity index (χ0v) is 10.2. The lowest BCUT2D eigenvalue weighted by Gasteiger charge is -2.06. The molecule has 18 heavy (non-hydrogen) atoms. The van der Waals surface area contributed by atoms with E-state index in [0.29, 0.717) is 0 Å². The second kappa shape index (κ2) is 7.10. The van der Waals surface area contributed by atoms with Gasteiger partial charge in [0, 0.05) is 18.2 Å². The molecular weight excluding hydrogens is 261 g/mol. The number of aliphatic hydroxyl groups excluding tert-OH is 2. The quantitative estimate of drug-likeness (QED) is 0.700. The number of hydrogen-bond donors (Lipinski definition) is 3. The fourth-order valence-electron chi connectivity index (χ4n) is 1.17. The summed E-state index contributed by atoms with van der Waals surface area (Å²) in [5.74, 6) is -1.04. The normalized spacial score (nSPS) is 12.7. The molecule has 4 nitrogen and oxygen atoms in total. The number of aliphatic hydroxyl groups is 2. The van der Waals surface area contributed by atoms with Gasteiger partial charge in [0.15, 0.2) is 0 Å². The van der Waals surface area contributed by atoms with Crippen molar-refractivity contribution in [1.82, 2.24) is 5.32 Å². The molecule has 0 radical (unpaired) electrons. The molecular formula is C12H13ClFNO3. The van der Waals surface area contributed by atoms with Gasteiger partial charge in [-0.15, -0.1) is 0 Å². The number of halogens is 2. The van der Waals surface area contributed by atoms with E-state index in [9.17, 15) is 9.18 Å². The standard InChI is InChI=1S/C12H13ClFNO3/c13-10-2-1-3-11(14)9(10)4-5-12(18)15-6-8(17)7-16/h1-5,8,16-17H,6-7H2,(H,15,18). The van der Waals surface area contributed by atoms with Crippen LogP contribution in [0.25, 0.3) is 6.08 Å². The van der Waals surface area contributed by atoms with Crippen molar-refractivity contribution in [3.63, 3.8) is 0 Å². The first kappa shape index (κ1) is 14.6. The molecule has 0 saturated carbocycles. The second-order valence-electron chi connectivity index (χ2n) is 3.55. The first-order valence-corrected chi connectivity index (χ1v) is 5.61. The molecule has 1 atom stereocenters. The Morgan fingerprint density at radius 2 is 2.28 bits per heavy atom. The zero-order valence-electron chi connectivity index (χ0n) is 9.44. The van der Waals surface area contributed by atoms with Crippen LogP contribution in [-0.2, 0) is 4.79 Å². The largest absolute Gasteiger partial charge is 0.394 e. The minimum atomic E-state index is -1.01. The lowest BCUT2D eigenvalue weighted by atomic mass is 10.2. The van der Waals surface area contributed by atoms with E-state index in [0.717, 1.165) is 6.08 Å². The summed E-state index contributed by atoms with van der Waals surface area (Å²) in [6, 6.07) is 4.21. The maximum Gasteiger partial charge on any atom is 0.244 e. The first-order valence-electron chi connectivity index (χ1n) is 5.23. The van der Waals surface area contributed by atoms with Gasteiger partial charge in [-0.2, -0.15) is 0 Å². The van der Waals surface area contributed by atoms with Gasteiger partial charge in [0.25, 0.3) is 0 Å². The van der Waals surface area contributed by atoms with E-state index in [4.69, 9.17) is 21.8 Å². The van der Waals surface area contributed by atoms with Gasteiger partial charge in [-0.3, -0.25) is 4.79 Å². The lowest BCUT2D eigenvalue weighted by molar-refractivity contribution is -0.117. The Bertz CT molecular complexity index is 431. The number of nitrogens with one attached hydrogen (secondary N) is 1. The third-order valence-electron chi connectivity index (χ3n) is 2.12. The van der Waals surface area contributed by atoms with E-state index in [-0.39, 0.29) is 17.1 Å². The molecule has 0 bridgehead atoms. The average Bonchev–Trinajstić information content (AvgIpc) is 2.35. The smallest absolute Gasteiger partial charge is 0.244 e. The molecule has 0 heterocycles. The van der Waals surface area contributed by atoms with Crippen molar-refractivity contribution in [2.24, 2.45) is 0 Å². The predicted molar refractivity (Wildman–Crippen MR) is 66.5 cm³/mol. The Labute approximate surface area is 109 Å². The number of carbonyl (C=O) groups excluding carboxylic acids is 1. The van der Waals surface area contributed by atoms with Gasteiger partial charge in [0.1, 0.15) is 5.82 Å². The molecule has 1 unspecified atom stereocenters. The number of benzene rings is 1. The summed E-state index contributed by atoms with van der Waals surface area (Å²) in [6.45, 7) is -0.520. The highest BCUT2D eigenvalue weighted by Gasteiger charge is 2.05. The predicted octanol–water partition coefficient (Wildman–Crippen LogP) is 0.962. The molecule has 1 aromatic carbocycles. The topological polar surface area (TPSA) is 69.6 Å². The summed E-state index contributed by atoms with van der Waals surface area (Å²) in [6.07, 6.45) is 1.34. The van der Waals surface area contributed by atoms with E-state index in [1.807, 2.05) is 0 Å². The van der Waals surface area contributed by atoms with E-state index < -0.39 is 24.4 Å². The molecule has 0 aliphatic rings. The number of rotatable bonds is 5. The summed E-state index contributed by atoms with van der Waals surface area (Å²) in [5.41, 5.74) is 0.122. The monoisotopic (exact) mass is 273 g/mol. The highest BCUT2D eigenvalue weighted by Crippen LogP contribution is 2.20. The van der Waals surface area contributed by atoms with Gasteiger partial charge in [0.05, 0.1) is 17.7 Å². The average molecular weight is 274 g/mol. The molecule has 6 heteroatoms. The minimum Gasteiger partial charge on any atom is -0.394 e. The molecule has 0 fully saturated rings. The minimum absolute atomic E-state index is 0.0787. The summed E-state index contributed by atoms with van der Waals surface area (Å²) in [5, 5.41) is 20.1. The third kappa shape index (κ3) is 4.44. The van der Waals surface area contributed by atoms with Gasteiger partial charge in [-0.25, -0.2) is 4.39 Å². The SMILES string of the molecule is O=C(C=Cc1c(F)cccc1Cl)NCC(O)CO. The number of carbonyl (C=O) groups is 1. The van der Waals surface area contributed by atoms with Crippen molar-refractivity contribution in [3.05, 3.63) is 40.7 Å². The molecule has 1 aromatic rings. The Morgan fingerprint density at radius 1 is 1.56 bits per heavy atom. The number of amides is 1. The van der Waals surface area contributed by atoms with Gasteiger partial charge < -0.3 is 15.5 Å². The maximum absolute atomic E-state index is 13.3. The summed E-state index contributed by atoms with van der Waals surface area (Å²) >= 11 is 5.77. The first-order chi connectivity index (χ1) is 8.54. The van der Waals surface area contributed by atoms with Crippen LogP contribution in [0, 0.1) is 5.82 Å². The molecule has 98 valence electrons. The van der Waals surface area contributed by atoms with Crippen molar-refractivity contribution < 1.29 is 19.4 Å². The van der Waals surface area contributed by atoms with Crippen molar-refractivity contribution in [1.29, 1.82) is 0 Å². The Morgan fingerprint density at radius 3 is 2.89 bits per heavy atom. The van der Waals surface area contributed by atoms with Crippen LogP contribution in [0.3, 0.4) is 0 Å². The van der Waals surface area contributed by atoms with E-state index in [2.05, 4.69) is 5.32 Å². The van der Waals surface area contributed by atoms with E-state index in [1.165, 1.54) is 24.3 Å². The molecule has 1 amide bonds. The molecule has 0 aliphatic heterocycles. The van der Waals surface area contributed by atoms with Gasteiger partial charge >= 0.3 is 0 Å². The Balaban J connectivity index is 2.61. The molecule has 0 spiro atoms. The van der Waals surface area contributed by atoms with Crippen molar-refractivity contribution in [2.45, 2.75) is 6.10 Å². The van der Waals surface area contributed by atoms with Crippen LogP contribution in [-0.4, -0.2) is 35.4 Å². The molecule has 1 rings (SSSR count). The molecule has 0 aromatic heterocycles. The summed E-state index contributed by atoms with van der Waals surface area (Å²) < 4.78 is 13.3. The Kier molecular flexibility index (Phi) is 5.77. The van der Waals surface area contributed by atoms with Crippen LogP contribution in [0.1, 0.15) is 5.56 Å². The molecule has 3 N–H and O–H groups in total. The molecule has 0 aliphatic carbocycles. The van der Waals surface area contributed by atoms with Crippen LogP contribution in [0.5, 0.6) is 0 Å². The van der Waals surface area contributed by atoms with Crippen molar-refractivity contribution in [3.8, 4) is 0 Å². The zero-order chi connectivity index (χ0) is 13.5. The van der Waals surface area contributed by atoms with Crippen LogP contribution in [0.4, 0.5) is 4.39 Å². The van der Waals surface area contributed by atoms with E-state index >= 15 is 0 Å². The fourth-order valence-corrected chi connectivity index (χ4v) is 1.40. The van der Waals surface area contributed by atoms with Crippen molar-refractivity contribution in [2.75, 3.05) is 13.2 Å². The maximum atomic E-state index is 13.3. The summed E-state index contributed by atoms with van der Waals surface area (Å²) in [7, 11) is 0. The van der Waals surface area contributed by atoms with Crippen LogP contribution in [0.2, 0.25) is 5.02 Å². The second-order valence-corrected chi connectivity index (χ2v) is 3.96. The lowest BCUT2D eigenvalue weighted by Crippen LogP contribution is -2.32.